The summed E-state index contributed by atoms with van der Waals surface area (Å²) in [6.07, 6.45) is 6.26. The van der Waals surface area contributed by atoms with Crippen molar-refractivity contribution in [3.8, 4) is 0 Å². The van der Waals surface area contributed by atoms with Crippen LogP contribution in [0.15, 0.2) is 61.1 Å². The molecule has 2 aromatic carbocycles. The molecule has 0 spiro atoms. The van der Waals surface area contributed by atoms with Crippen LogP contribution in [-0.2, 0) is 24.2 Å². The maximum Gasteiger partial charge on any atom is 0.303 e. The Labute approximate surface area is 200 Å². The quantitative estimate of drug-likeness (QED) is 0.345. The zero-order valence-corrected chi connectivity index (χ0v) is 19.3. The summed E-state index contributed by atoms with van der Waals surface area (Å²) in [6.45, 7) is 0.730. The fourth-order valence-corrected chi connectivity index (χ4v) is 6.18. The molecule has 0 saturated heterocycles. The van der Waals surface area contributed by atoms with Gasteiger partial charge in [0.05, 0.1) is 23.6 Å². The van der Waals surface area contributed by atoms with E-state index in [9.17, 15) is 9.90 Å². The summed E-state index contributed by atoms with van der Waals surface area (Å²) in [5.41, 5.74) is 4.51. The second kappa shape index (κ2) is 8.53. The summed E-state index contributed by atoms with van der Waals surface area (Å²) >= 11 is 1.66. The van der Waals surface area contributed by atoms with E-state index >= 15 is 0 Å². The minimum atomic E-state index is -0.723. The van der Waals surface area contributed by atoms with Crippen molar-refractivity contribution in [3.05, 3.63) is 77.1 Å². The van der Waals surface area contributed by atoms with E-state index < -0.39 is 5.97 Å². The predicted octanol–water partition coefficient (Wildman–Crippen LogP) is 5.41. The van der Waals surface area contributed by atoms with Crippen LogP contribution in [0, 0.1) is 5.92 Å². The van der Waals surface area contributed by atoms with Crippen LogP contribution in [0.3, 0.4) is 0 Å². The van der Waals surface area contributed by atoms with Crippen LogP contribution in [0.1, 0.15) is 28.8 Å². The van der Waals surface area contributed by atoms with Crippen molar-refractivity contribution in [1.82, 2.24) is 19.7 Å². The molecular formula is C26H23N5O2S. The molecule has 0 aliphatic heterocycles. The lowest BCUT2D eigenvalue weighted by Crippen LogP contribution is -2.16. The number of carbonyl (C=O) groups is 1. The molecule has 1 atom stereocenters. The van der Waals surface area contributed by atoms with Crippen molar-refractivity contribution < 1.29 is 9.90 Å². The first-order valence-electron chi connectivity index (χ1n) is 11.4. The highest BCUT2D eigenvalue weighted by Crippen LogP contribution is 2.41. The van der Waals surface area contributed by atoms with Gasteiger partial charge in [-0.25, -0.2) is 9.97 Å². The van der Waals surface area contributed by atoms with Crippen LogP contribution in [-0.4, -0.2) is 30.8 Å². The molecule has 2 N–H and O–H groups in total. The van der Waals surface area contributed by atoms with Gasteiger partial charge in [-0.3, -0.25) is 9.48 Å². The number of hydrogen-bond acceptors (Lipinski definition) is 6. The van der Waals surface area contributed by atoms with Gasteiger partial charge in [0.25, 0.3) is 0 Å². The molecule has 0 fully saturated rings. The summed E-state index contributed by atoms with van der Waals surface area (Å²) in [4.78, 5) is 22.4. The van der Waals surface area contributed by atoms with Gasteiger partial charge >= 0.3 is 5.97 Å². The number of benzene rings is 2. The molecule has 0 radical (unpaired) electrons. The molecule has 3 heterocycles. The highest BCUT2D eigenvalue weighted by atomic mass is 32.1. The fraction of sp³-hybridized carbons (Fsp3) is 0.231. The Morgan fingerprint density at radius 3 is 2.91 bits per heavy atom. The number of carboxylic acid groups (broad SMARTS) is 1. The van der Waals surface area contributed by atoms with E-state index in [1.165, 1.54) is 16.0 Å². The first-order valence-corrected chi connectivity index (χ1v) is 12.2. The lowest BCUT2D eigenvalue weighted by molar-refractivity contribution is -0.138. The van der Waals surface area contributed by atoms with Crippen LogP contribution in [0.4, 0.5) is 11.5 Å². The average molecular weight is 470 g/mol. The van der Waals surface area contributed by atoms with Gasteiger partial charge in [-0.1, -0.05) is 30.3 Å². The minimum Gasteiger partial charge on any atom is -0.481 e. The van der Waals surface area contributed by atoms with E-state index in [4.69, 9.17) is 0 Å². The molecule has 1 aliphatic rings. The normalized spacial score (nSPS) is 15.5. The van der Waals surface area contributed by atoms with Gasteiger partial charge in [-0.2, -0.15) is 5.10 Å². The van der Waals surface area contributed by atoms with Crippen LogP contribution >= 0.6 is 11.3 Å². The van der Waals surface area contributed by atoms with Crippen LogP contribution < -0.4 is 5.32 Å². The number of aromatic nitrogens is 4. The molecule has 8 heteroatoms. The molecule has 5 aromatic rings. The summed E-state index contributed by atoms with van der Waals surface area (Å²) < 4.78 is 2.01. The molecule has 0 saturated carbocycles. The van der Waals surface area contributed by atoms with Crippen LogP contribution in [0.5, 0.6) is 0 Å². The van der Waals surface area contributed by atoms with Crippen molar-refractivity contribution in [1.29, 1.82) is 0 Å². The third kappa shape index (κ3) is 3.90. The Morgan fingerprint density at radius 1 is 1.18 bits per heavy atom. The van der Waals surface area contributed by atoms with E-state index in [1.54, 1.807) is 17.7 Å². The number of carboxylic acids is 1. The molecule has 0 amide bonds. The maximum absolute atomic E-state index is 11.2. The highest BCUT2D eigenvalue weighted by Gasteiger charge is 2.26. The average Bonchev–Trinajstić information content (AvgIpc) is 3.40. The first kappa shape index (κ1) is 20.8. The van der Waals surface area contributed by atoms with Crippen molar-refractivity contribution in [3.63, 3.8) is 0 Å². The number of anilines is 2. The van der Waals surface area contributed by atoms with E-state index in [0.717, 1.165) is 58.4 Å². The molecule has 34 heavy (non-hydrogen) atoms. The number of nitrogens with one attached hydrogen (secondary N) is 1. The predicted molar refractivity (Wildman–Crippen MR) is 134 cm³/mol. The number of aryl methyl sites for hydroxylation is 1. The summed E-state index contributed by atoms with van der Waals surface area (Å²) in [5, 5.41) is 19.4. The van der Waals surface area contributed by atoms with Gasteiger partial charge < -0.3 is 10.4 Å². The number of rotatable bonds is 6. The van der Waals surface area contributed by atoms with Gasteiger partial charge in [0, 0.05) is 22.4 Å². The van der Waals surface area contributed by atoms with Crippen molar-refractivity contribution in [2.24, 2.45) is 5.92 Å². The highest BCUT2D eigenvalue weighted by molar-refractivity contribution is 7.19. The zero-order chi connectivity index (χ0) is 23.1. The third-order valence-electron chi connectivity index (χ3n) is 6.49. The molecule has 3 aromatic heterocycles. The number of hydrogen-bond donors (Lipinski definition) is 2. The number of thiophene rings is 1. The van der Waals surface area contributed by atoms with E-state index in [2.05, 4.69) is 50.7 Å². The standard InChI is InChI=1S/C26H23N5O2S/c32-23(33)11-17-6-8-20-22(10-17)34-26-24(20)25(27-15-28-26)30-19-7-9-21-18(12-19)13-29-31(21)14-16-4-2-1-3-5-16/h1-5,7,9,12-13,15,17H,6,8,10-11,14H2,(H,32,33)(H,27,28,30). The lowest BCUT2D eigenvalue weighted by atomic mass is 9.86. The second-order valence-corrected chi connectivity index (χ2v) is 9.88. The number of fused-ring (bicyclic) bond motifs is 4. The smallest absolute Gasteiger partial charge is 0.303 e. The van der Waals surface area contributed by atoms with Gasteiger partial charge in [0.1, 0.15) is 17.0 Å². The largest absolute Gasteiger partial charge is 0.481 e. The topological polar surface area (TPSA) is 92.9 Å². The van der Waals surface area contributed by atoms with Gasteiger partial charge in [-0.05, 0) is 54.5 Å². The van der Waals surface area contributed by atoms with Crippen molar-refractivity contribution >= 4 is 49.9 Å². The SMILES string of the molecule is O=C(O)CC1CCc2c(sc3ncnc(Nc4ccc5c(cnn5Cc5ccccc5)c4)c23)C1. The van der Waals surface area contributed by atoms with Crippen molar-refractivity contribution in [2.45, 2.75) is 32.2 Å². The van der Waals surface area contributed by atoms with E-state index in [0.29, 0.717) is 0 Å². The first-order chi connectivity index (χ1) is 16.6. The molecular weight excluding hydrogens is 446 g/mol. The summed E-state index contributed by atoms with van der Waals surface area (Å²) in [7, 11) is 0. The maximum atomic E-state index is 11.2. The van der Waals surface area contributed by atoms with Gasteiger partial charge in [-0.15, -0.1) is 11.3 Å². The molecule has 6 rings (SSSR count). The lowest BCUT2D eigenvalue weighted by Gasteiger charge is -2.20. The van der Waals surface area contributed by atoms with Crippen LogP contribution in [0.2, 0.25) is 0 Å². The molecule has 170 valence electrons. The molecule has 1 aliphatic carbocycles. The van der Waals surface area contributed by atoms with Crippen LogP contribution in [0.25, 0.3) is 21.1 Å². The Bertz CT molecular complexity index is 1510. The Balaban J connectivity index is 1.29. The molecule has 1 unspecified atom stereocenters. The number of aliphatic carboxylic acids is 1. The van der Waals surface area contributed by atoms with Gasteiger partial charge in [0.2, 0.25) is 0 Å². The second-order valence-electron chi connectivity index (χ2n) is 8.80. The molecule has 0 bridgehead atoms. The monoisotopic (exact) mass is 469 g/mol. The van der Waals surface area contributed by atoms with E-state index in [1.807, 2.05) is 29.1 Å². The Morgan fingerprint density at radius 2 is 2.06 bits per heavy atom. The van der Waals surface area contributed by atoms with Gasteiger partial charge in [0.15, 0.2) is 0 Å². The summed E-state index contributed by atoms with van der Waals surface area (Å²) in [6, 6.07) is 16.6. The Kier molecular flexibility index (Phi) is 5.22. The number of nitrogens with zero attached hydrogens (tertiary/aromatic N) is 4. The van der Waals surface area contributed by atoms with Crippen molar-refractivity contribution in [2.75, 3.05) is 5.32 Å². The molecule has 7 nitrogen and oxygen atoms in total. The third-order valence-corrected chi connectivity index (χ3v) is 7.65. The summed E-state index contributed by atoms with van der Waals surface area (Å²) in [5.74, 6) is 0.270. The minimum absolute atomic E-state index is 0.192. The Hall–Kier alpha value is -3.78. The van der Waals surface area contributed by atoms with E-state index in [-0.39, 0.29) is 12.3 Å². The fourth-order valence-electron chi connectivity index (χ4n) is 4.88. The zero-order valence-electron chi connectivity index (χ0n) is 18.4.